The first kappa shape index (κ1) is 20.3. The van der Waals surface area contributed by atoms with Crippen molar-refractivity contribution < 1.29 is 4.74 Å². The van der Waals surface area contributed by atoms with Crippen LogP contribution in [0.25, 0.3) is 0 Å². The van der Waals surface area contributed by atoms with Crippen LogP contribution < -0.4 is 15.4 Å². The maximum Gasteiger partial charge on any atom is 0.191 e. The highest BCUT2D eigenvalue weighted by molar-refractivity contribution is 14.0. The second-order valence-electron chi connectivity index (χ2n) is 5.29. The smallest absolute Gasteiger partial charge is 0.191 e. The van der Waals surface area contributed by atoms with Crippen molar-refractivity contribution >= 4 is 29.9 Å². The normalized spacial score (nSPS) is 10.7. The van der Waals surface area contributed by atoms with E-state index in [2.05, 4.69) is 52.9 Å². The van der Waals surface area contributed by atoms with Gasteiger partial charge in [0.25, 0.3) is 0 Å². The van der Waals surface area contributed by atoms with Crippen molar-refractivity contribution in [3.8, 4) is 5.75 Å². The first-order chi connectivity index (χ1) is 11.2. The summed E-state index contributed by atoms with van der Waals surface area (Å²) in [6.45, 7) is 6.24. The lowest BCUT2D eigenvalue weighted by molar-refractivity contribution is 0.340. The predicted molar refractivity (Wildman–Crippen MR) is 111 cm³/mol. The number of halogens is 1. The lowest BCUT2D eigenvalue weighted by Gasteiger charge is -2.13. The molecule has 2 aromatic rings. The minimum Gasteiger partial charge on any atom is -0.494 e. The van der Waals surface area contributed by atoms with Crippen LogP contribution in [0.15, 0.2) is 53.5 Å². The van der Waals surface area contributed by atoms with Gasteiger partial charge in [0.2, 0.25) is 0 Å². The molecule has 4 nitrogen and oxygen atoms in total. The van der Waals surface area contributed by atoms with Crippen molar-refractivity contribution in [1.82, 2.24) is 10.6 Å². The van der Waals surface area contributed by atoms with E-state index in [0.717, 1.165) is 23.8 Å². The standard InChI is InChI=1S/C19H25N3O.HI/c1-4-23-18-11-7-9-16(12-18)13-21-19(20-3)22-14-17-10-6-5-8-15(17)2;/h5-12H,4,13-14H2,1-3H3,(H2,20,21,22);1H. The van der Waals surface area contributed by atoms with Crippen LogP contribution in [0.5, 0.6) is 5.75 Å². The van der Waals surface area contributed by atoms with Gasteiger partial charge in [-0.05, 0) is 42.7 Å². The second kappa shape index (κ2) is 10.9. The Bertz CT molecular complexity index is 659. The second-order valence-corrected chi connectivity index (χ2v) is 5.29. The quantitative estimate of drug-likeness (QED) is 0.408. The van der Waals surface area contributed by atoms with Gasteiger partial charge in [-0.25, -0.2) is 0 Å². The van der Waals surface area contributed by atoms with Gasteiger partial charge in [0.05, 0.1) is 6.61 Å². The average molecular weight is 439 g/mol. The molecule has 0 aliphatic rings. The van der Waals surface area contributed by atoms with E-state index in [-0.39, 0.29) is 24.0 Å². The summed E-state index contributed by atoms with van der Waals surface area (Å²) in [5.74, 6) is 1.68. The molecule has 0 fully saturated rings. The summed E-state index contributed by atoms with van der Waals surface area (Å²) in [5.41, 5.74) is 3.71. The lowest BCUT2D eigenvalue weighted by Crippen LogP contribution is -2.36. The molecule has 0 aliphatic heterocycles. The van der Waals surface area contributed by atoms with Crippen molar-refractivity contribution in [2.45, 2.75) is 26.9 Å². The van der Waals surface area contributed by atoms with E-state index < -0.39 is 0 Å². The molecule has 0 unspecified atom stereocenters. The van der Waals surface area contributed by atoms with Crippen LogP contribution in [-0.2, 0) is 13.1 Å². The molecule has 0 atom stereocenters. The summed E-state index contributed by atoms with van der Waals surface area (Å²) in [6, 6.07) is 16.4. The number of nitrogens with zero attached hydrogens (tertiary/aromatic N) is 1. The molecule has 0 aromatic heterocycles. The van der Waals surface area contributed by atoms with Crippen molar-refractivity contribution in [1.29, 1.82) is 0 Å². The van der Waals surface area contributed by atoms with Gasteiger partial charge in [0, 0.05) is 20.1 Å². The van der Waals surface area contributed by atoms with E-state index in [1.807, 2.05) is 25.1 Å². The third-order valence-electron chi connectivity index (χ3n) is 3.60. The number of nitrogens with one attached hydrogen (secondary N) is 2. The number of hydrogen-bond acceptors (Lipinski definition) is 2. The van der Waals surface area contributed by atoms with Gasteiger partial charge in [-0.1, -0.05) is 36.4 Å². The number of benzene rings is 2. The van der Waals surface area contributed by atoms with Gasteiger partial charge < -0.3 is 15.4 Å². The van der Waals surface area contributed by atoms with Gasteiger partial charge in [-0.2, -0.15) is 0 Å². The minimum absolute atomic E-state index is 0. The van der Waals surface area contributed by atoms with E-state index in [0.29, 0.717) is 13.2 Å². The summed E-state index contributed by atoms with van der Waals surface area (Å²) < 4.78 is 5.52. The zero-order chi connectivity index (χ0) is 16.5. The molecule has 2 N–H and O–H groups in total. The third-order valence-corrected chi connectivity index (χ3v) is 3.60. The fourth-order valence-corrected chi connectivity index (χ4v) is 2.31. The van der Waals surface area contributed by atoms with Crippen LogP contribution >= 0.6 is 24.0 Å². The molecule has 0 saturated heterocycles. The highest BCUT2D eigenvalue weighted by Gasteiger charge is 2.02. The molecular formula is C19H26IN3O. The number of aryl methyl sites for hydroxylation is 1. The molecule has 0 bridgehead atoms. The first-order valence-corrected chi connectivity index (χ1v) is 7.93. The fourth-order valence-electron chi connectivity index (χ4n) is 2.31. The largest absolute Gasteiger partial charge is 0.494 e. The van der Waals surface area contributed by atoms with E-state index in [1.165, 1.54) is 11.1 Å². The Morgan fingerprint density at radius 2 is 1.79 bits per heavy atom. The number of rotatable bonds is 6. The van der Waals surface area contributed by atoms with E-state index in [1.54, 1.807) is 7.05 Å². The Morgan fingerprint density at radius 3 is 2.50 bits per heavy atom. The molecule has 2 aromatic carbocycles. The molecule has 2 rings (SSSR count). The Hall–Kier alpha value is -1.76. The van der Waals surface area contributed by atoms with E-state index >= 15 is 0 Å². The predicted octanol–water partition coefficient (Wildman–Crippen LogP) is 3.88. The number of guanidine groups is 1. The fraction of sp³-hybridized carbons (Fsp3) is 0.316. The van der Waals surface area contributed by atoms with Gasteiger partial charge in [-0.3, -0.25) is 4.99 Å². The van der Waals surface area contributed by atoms with Crippen LogP contribution in [0.1, 0.15) is 23.6 Å². The molecule has 24 heavy (non-hydrogen) atoms. The maximum absolute atomic E-state index is 5.52. The van der Waals surface area contributed by atoms with Crippen LogP contribution in [0, 0.1) is 6.92 Å². The molecule has 0 saturated carbocycles. The van der Waals surface area contributed by atoms with Crippen LogP contribution in [0.2, 0.25) is 0 Å². The highest BCUT2D eigenvalue weighted by atomic mass is 127. The van der Waals surface area contributed by atoms with Gasteiger partial charge in [0.15, 0.2) is 5.96 Å². The highest BCUT2D eigenvalue weighted by Crippen LogP contribution is 2.13. The Morgan fingerprint density at radius 1 is 1.04 bits per heavy atom. The molecule has 0 amide bonds. The van der Waals surface area contributed by atoms with E-state index in [4.69, 9.17) is 4.74 Å². The maximum atomic E-state index is 5.52. The van der Waals surface area contributed by atoms with Crippen molar-refractivity contribution in [3.63, 3.8) is 0 Å². The van der Waals surface area contributed by atoms with Crippen LogP contribution in [0.4, 0.5) is 0 Å². The summed E-state index contributed by atoms with van der Waals surface area (Å²) in [5, 5.41) is 6.67. The number of ether oxygens (including phenoxy) is 1. The van der Waals surface area contributed by atoms with Gasteiger partial charge in [-0.15, -0.1) is 24.0 Å². The van der Waals surface area contributed by atoms with Gasteiger partial charge in [0.1, 0.15) is 5.75 Å². The zero-order valence-corrected chi connectivity index (χ0v) is 16.8. The molecule has 0 aliphatic carbocycles. The first-order valence-electron chi connectivity index (χ1n) is 7.93. The molecule has 5 heteroatoms. The molecule has 0 heterocycles. The molecule has 0 radical (unpaired) electrons. The Balaban J connectivity index is 0.00000288. The summed E-state index contributed by atoms with van der Waals surface area (Å²) in [6.07, 6.45) is 0. The van der Waals surface area contributed by atoms with Crippen molar-refractivity contribution in [2.24, 2.45) is 4.99 Å². The zero-order valence-electron chi connectivity index (χ0n) is 14.5. The summed E-state index contributed by atoms with van der Waals surface area (Å²) in [4.78, 5) is 4.27. The summed E-state index contributed by atoms with van der Waals surface area (Å²) in [7, 11) is 1.78. The lowest BCUT2D eigenvalue weighted by atomic mass is 10.1. The molecule has 130 valence electrons. The van der Waals surface area contributed by atoms with Crippen molar-refractivity contribution in [2.75, 3.05) is 13.7 Å². The molecular weight excluding hydrogens is 413 g/mol. The van der Waals surface area contributed by atoms with Gasteiger partial charge >= 0.3 is 0 Å². The minimum atomic E-state index is 0. The van der Waals surface area contributed by atoms with Crippen LogP contribution in [0.3, 0.4) is 0 Å². The number of aliphatic imine (C=N–C) groups is 1. The monoisotopic (exact) mass is 439 g/mol. The third kappa shape index (κ3) is 6.39. The SMILES string of the molecule is CCOc1cccc(CNC(=NC)NCc2ccccc2C)c1.I. The number of hydrogen-bond donors (Lipinski definition) is 2. The van der Waals surface area contributed by atoms with E-state index in [9.17, 15) is 0 Å². The van der Waals surface area contributed by atoms with Crippen molar-refractivity contribution in [3.05, 3.63) is 65.2 Å². The Kier molecular flexibility index (Phi) is 9.22. The molecule has 0 spiro atoms. The van der Waals surface area contributed by atoms with Crippen LogP contribution in [-0.4, -0.2) is 19.6 Å². The summed E-state index contributed by atoms with van der Waals surface area (Å²) >= 11 is 0. The Labute approximate surface area is 161 Å². The topological polar surface area (TPSA) is 45.6 Å². The average Bonchev–Trinajstić information content (AvgIpc) is 2.57.